The Morgan fingerprint density at radius 3 is 2.67 bits per heavy atom. The van der Waals surface area contributed by atoms with Crippen LogP contribution < -0.4 is 5.73 Å². The molecule has 2 atom stereocenters. The third kappa shape index (κ3) is 3.70. The Morgan fingerprint density at radius 1 is 1.28 bits per heavy atom. The van der Waals surface area contributed by atoms with Gasteiger partial charge < -0.3 is 10.5 Å². The number of allylic oxidation sites excluding steroid dienone is 1. The first kappa shape index (κ1) is 13.3. The third-order valence-corrected chi connectivity index (χ3v) is 3.50. The van der Waals surface area contributed by atoms with Crippen LogP contribution in [0.15, 0.2) is 29.0 Å². The maximum absolute atomic E-state index is 6.07. The highest BCUT2D eigenvalue weighted by Crippen LogP contribution is 2.23. The van der Waals surface area contributed by atoms with E-state index in [1.165, 1.54) is 32.1 Å². The Morgan fingerprint density at radius 2 is 2.00 bits per heavy atom. The summed E-state index contributed by atoms with van der Waals surface area (Å²) in [6, 6.07) is 0.116. The highest BCUT2D eigenvalue weighted by Gasteiger charge is 2.16. The third-order valence-electron chi connectivity index (χ3n) is 3.50. The number of nitrogens with two attached hydrogens (primary N) is 1. The van der Waals surface area contributed by atoms with Crippen LogP contribution in [0.4, 0.5) is 0 Å². The second-order valence-electron chi connectivity index (χ2n) is 5.36. The minimum Gasteiger partial charge on any atom is -0.491 e. The molecule has 2 aliphatic rings. The molecule has 0 aromatic rings. The Bertz CT molecular complexity index is 363. The molecule has 0 bridgehead atoms. The molecule has 18 heavy (non-hydrogen) atoms. The fraction of sp³-hybridized carbons (Fsp3) is 0.667. The molecule has 1 heterocycles. The lowest BCUT2D eigenvalue weighted by molar-refractivity contribution is 0.0894. The van der Waals surface area contributed by atoms with Crippen molar-refractivity contribution in [3.63, 3.8) is 0 Å². The van der Waals surface area contributed by atoms with Crippen LogP contribution in [0.2, 0.25) is 0 Å². The van der Waals surface area contributed by atoms with E-state index in [9.17, 15) is 0 Å². The van der Waals surface area contributed by atoms with Gasteiger partial charge in [0.1, 0.15) is 5.76 Å². The molecule has 1 aliphatic heterocycles. The van der Waals surface area contributed by atoms with Crippen molar-refractivity contribution in [3.8, 4) is 0 Å². The fourth-order valence-electron chi connectivity index (χ4n) is 2.50. The highest BCUT2D eigenvalue weighted by atomic mass is 16.5. The monoisotopic (exact) mass is 248 g/mol. The predicted octanol–water partition coefficient (Wildman–Crippen LogP) is 2.97. The lowest BCUT2D eigenvalue weighted by Gasteiger charge is -2.23. The molecule has 100 valence electrons. The molecule has 1 fully saturated rings. The summed E-state index contributed by atoms with van der Waals surface area (Å²) in [5.74, 6) is 0.953. The van der Waals surface area contributed by atoms with Gasteiger partial charge in [0, 0.05) is 6.04 Å². The van der Waals surface area contributed by atoms with E-state index in [0.717, 1.165) is 11.5 Å². The molecule has 3 heteroatoms. The van der Waals surface area contributed by atoms with Crippen molar-refractivity contribution in [3.05, 3.63) is 24.0 Å². The van der Waals surface area contributed by atoms with Gasteiger partial charge in [-0.3, -0.25) is 4.99 Å². The molecule has 1 saturated carbocycles. The van der Waals surface area contributed by atoms with Gasteiger partial charge in [-0.25, -0.2) is 0 Å². The van der Waals surface area contributed by atoms with Gasteiger partial charge in [-0.2, -0.15) is 0 Å². The molecule has 3 nitrogen and oxygen atoms in total. The molecule has 1 aliphatic carbocycles. The van der Waals surface area contributed by atoms with E-state index >= 15 is 0 Å². The fourth-order valence-corrected chi connectivity index (χ4v) is 2.50. The molecule has 2 N–H and O–H groups in total. The molecule has 2 unspecified atom stereocenters. The minimum absolute atomic E-state index is 0.0221. The van der Waals surface area contributed by atoms with Gasteiger partial charge in [-0.05, 0) is 57.8 Å². The van der Waals surface area contributed by atoms with Crippen LogP contribution in [0.25, 0.3) is 0 Å². The van der Waals surface area contributed by atoms with Gasteiger partial charge in [0.25, 0.3) is 0 Å². The lowest BCUT2D eigenvalue weighted by atomic mass is 9.98. The van der Waals surface area contributed by atoms with E-state index < -0.39 is 0 Å². The van der Waals surface area contributed by atoms with Gasteiger partial charge in [0.15, 0.2) is 0 Å². The largest absolute Gasteiger partial charge is 0.491 e. The number of nitrogens with zero attached hydrogens (tertiary/aromatic N) is 1. The van der Waals surface area contributed by atoms with Crippen LogP contribution in [0.1, 0.15) is 46.0 Å². The minimum atomic E-state index is -0.0221. The Balaban J connectivity index is 1.99. The zero-order valence-electron chi connectivity index (χ0n) is 11.4. The standard InChI is InChI=1S/C15H24N2O/c1-11-10-14(8-9-15(17-11)12(2)16)18-13-6-4-3-5-7-13/h8-13H,3-7,16H2,1-2H3. The summed E-state index contributed by atoms with van der Waals surface area (Å²) in [6.07, 6.45) is 12.8. The van der Waals surface area contributed by atoms with Crippen molar-refractivity contribution in [2.45, 2.75) is 64.1 Å². The molecule has 0 saturated heterocycles. The average molecular weight is 248 g/mol. The average Bonchev–Trinajstić information content (AvgIpc) is 2.52. The Kier molecular flexibility index (Phi) is 4.59. The highest BCUT2D eigenvalue weighted by molar-refractivity contribution is 5.99. The van der Waals surface area contributed by atoms with Crippen molar-refractivity contribution < 1.29 is 4.74 Å². The molecular weight excluding hydrogens is 224 g/mol. The van der Waals surface area contributed by atoms with Gasteiger partial charge >= 0.3 is 0 Å². The van der Waals surface area contributed by atoms with E-state index in [-0.39, 0.29) is 12.1 Å². The molecule has 0 spiro atoms. The van der Waals surface area contributed by atoms with Crippen LogP contribution in [-0.4, -0.2) is 23.9 Å². The molecule has 2 rings (SSSR count). The summed E-state index contributed by atoms with van der Waals surface area (Å²) in [6.45, 7) is 4.03. The van der Waals surface area contributed by atoms with Crippen molar-refractivity contribution in [2.75, 3.05) is 0 Å². The molecule has 0 aromatic carbocycles. The molecule has 0 radical (unpaired) electrons. The van der Waals surface area contributed by atoms with Crippen LogP contribution in [0.3, 0.4) is 0 Å². The second-order valence-corrected chi connectivity index (χ2v) is 5.36. The quantitative estimate of drug-likeness (QED) is 0.834. The first-order valence-corrected chi connectivity index (χ1v) is 7.05. The van der Waals surface area contributed by atoms with Gasteiger partial charge in [-0.1, -0.05) is 6.42 Å². The maximum atomic E-state index is 6.07. The summed E-state index contributed by atoms with van der Waals surface area (Å²) in [4.78, 5) is 4.57. The summed E-state index contributed by atoms with van der Waals surface area (Å²) >= 11 is 0. The van der Waals surface area contributed by atoms with Crippen molar-refractivity contribution in [2.24, 2.45) is 10.7 Å². The lowest BCUT2D eigenvalue weighted by Crippen LogP contribution is -2.25. The second kappa shape index (κ2) is 6.19. The smallest absolute Gasteiger partial charge is 0.117 e. The number of rotatable bonds is 3. The molecule has 0 aromatic heterocycles. The summed E-state index contributed by atoms with van der Waals surface area (Å²) in [5.41, 5.74) is 6.83. The van der Waals surface area contributed by atoms with Gasteiger partial charge in [0.05, 0.1) is 17.9 Å². The maximum Gasteiger partial charge on any atom is 0.117 e. The molecular formula is C15H24N2O. The predicted molar refractivity (Wildman–Crippen MR) is 75.7 cm³/mol. The Labute approximate surface area is 110 Å². The summed E-state index contributed by atoms with van der Waals surface area (Å²) < 4.78 is 6.07. The van der Waals surface area contributed by atoms with Crippen LogP contribution in [-0.2, 0) is 4.74 Å². The topological polar surface area (TPSA) is 47.6 Å². The van der Waals surface area contributed by atoms with Gasteiger partial charge in [-0.15, -0.1) is 0 Å². The zero-order valence-corrected chi connectivity index (χ0v) is 11.4. The van der Waals surface area contributed by atoms with E-state index in [1.54, 1.807) is 0 Å². The van der Waals surface area contributed by atoms with Gasteiger partial charge in [0.2, 0.25) is 0 Å². The van der Waals surface area contributed by atoms with Crippen molar-refractivity contribution in [1.82, 2.24) is 0 Å². The van der Waals surface area contributed by atoms with E-state index in [0.29, 0.717) is 6.10 Å². The summed E-state index contributed by atoms with van der Waals surface area (Å²) in [5, 5.41) is 0. The van der Waals surface area contributed by atoms with Crippen molar-refractivity contribution in [1.29, 1.82) is 0 Å². The zero-order chi connectivity index (χ0) is 13.0. The normalized spacial score (nSPS) is 27.2. The van der Waals surface area contributed by atoms with E-state index in [2.05, 4.69) is 18.0 Å². The number of hydrogen-bond acceptors (Lipinski definition) is 3. The van der Waals surface area contributed by atoms with E-state index in [4.69, 9.17) is 10.5 Å². The Hall–Kier alpha value is -1.09. The SMILES string of the molecule is CC1C=C(OC2CCCCC2)C=CC(C(C)N)=N1. The number of aliphatic imine (C=N–C) groups is 1. The number of ether oxygens (including phenoxy) is 1. The number of hydrogen-bond donors (Lipinski definition) is 1. The van der Waals surface area contributed by atoms with Crippen LogP contribution in [0.5, 0.6) is 0 Å². The first-order valence-electron chi connectivity index (χ1n) is 7.05. The first-order chi connectivity index (χ1) is 8.65. The van der Waals surface area contributed by atoms with Crippen molar-refractivity contribution >= 4 is 5.71 Å². The molecule has 0 amide bonds. The van der Waals surface area contributed by atoms with Crippen LogP contribution in [0, 0.1) is 0 Å². The van der Waals surface area contributed by atoms with Crippen LogP contribution >= 0.6 is 0 Å². The summed E-state index contributed by atoms with van der Waals surface area (Å²) in [7, 11) is 0. The van der Waals surface area contributed by atoms with E-state index in [1.807, 2.05) is 19.1 Å².